The molecule has 31 heavy (non-hydrogen) atoms. The van der Waals surface area contributed by atoms with Crippen molar-refractivity contribution >= 4 is 5.97 Å². The molecule has 0 spiro atoms. The molecule has 1 heterocycles. The number of allylic oxidation sites excluding steroid dienone is 6. The Labute approximate surface area is 187 Å². The Morgan fingerprint density at radius 3 is 2.61 bits per heavy atom. The van der Waals surface area contributed by atoms with Crippen LogP contribution in [0.15, 0.2) is 53.1 Å². The number of carbonyl (C=O) groups is 1. The zero-order valence-corrected chi connectivity index (χ0v) is 19.7. The van der Waals surface area contributed by atoms with Crippen LogP contribution in [0.25, 0.3) is 0 Å². The number of aliphatic hydroxyl groups is 1. The number of hydrogen-bond donors (Lipinski definition) is 2. The average Bonchev–Trinajstić information content (AvgIpc) is 2.69. The molecular weight excluding hydrogens is 388 g/mol. The molecule has 170 valence electrons. The number of ether oxygens (including phenoxy) is 1. The monoisotopic (exact) mass is 426 g/mol. The minimum absolute atomic E-state index is 0.172. The summed E-state index contributed by atoms with van der Waals surface area (Å²) in [6.45, 7) is 10.0. The van der Waals surface area contributed by atoms with Crippen LogP contribution in [0.5, 0.6) is 5.75 Å². The Balaban J connectivity index is 2.33. The van der Waals surface area contributed by atoms with Crippen molar-refractivity contribution in [2.75, 3.05) is 0 Å². The summed E-state index contributed by atoms with van der Waals surface area (Å²) in [4.78, 5) is 13.0. The van der Waals surface area contributed by atoms with Crippen LogP contribution in [0, 0.1) is 0 Å². The first-order chi connectivity index (χ1) is 14.6. The minimum atomic E-state index is -1.13. The van der Waals surface area contributed by atoms with Crippen molar-refractivity contribution in [1.82, 2.24) is 0 Å². The highest BCUT2D eigenvalue weighted by molar-refractivity contribution is 5.90. The molecule has 2 unspecified atom stereocenters. The smallest absolute Gasteiger partial charge is 0.338 e. The van der Waals surface area contributed by atoms with Gasteiger partial charge in [-0.3, -0.25) is 0 Å². The van der Waals surface area contributed by atoms with E-state index in [9.17, 15) is 15.0 Å². The van der Waals surface area contributed by atoms with E-state index in [1.165, 1.54) is 16.7 Å². The summed E-state index contributed by atoms with van der Waals surface area (Å²) < 4.78 is 5.86. The van der Waals surface area contributed by atoms with Gasteiger partial charge in [0.2, 0.25) is 0 Å². The standard InChI is InChI=1S/C27H38O4/c1-19(2)8-7-17-27(5,30)25-16-12-21(4)10-6-9-20(3)11-13-22-18-23(26(29)31-25)14-15-24(22)28/h8,10-11,14-15,18,25,28,30H,6-7,9,12-13,16-17H2,1-5H3/b20-11+,21-10+. The molecule has 0 saturated heterocycles. The van der Waals surface area contributed by atoms with Crippen LogP contribution in [0.4, 0.5) is 0 Å². The number of cyclic esters (lactones) is 1. The van der Waals surface area contributed by atoms with Gasteiger partial charge in [0, 0.05) is 0 Å². The number of carbonyl (C=O) groups excluding carboxylic acids is 1. The SMILES string of the molecule is CC(C)=CCCC(C)(O)C1CC/C(C)=C/CC/C(C)=C/Cc2cc(ccc2O)C(=O)O1. The lowest BCUT2D eigenvalue weighted by atomic mass is 9.88. The van der Waals surface area contributed by atoms with E-state index in [0.29, 0.717) is 30.4 Å². The second kappa shape index (κ2) is 11.3. The molecule has 2 rings (SSSR count). The van der Waals surface area contributed by atoms with E-state index in [-0.39, 0.29) is 5.75 Å². The molecule has 0 fully saturated rings. The Kier molecular flexibility index (Phi) is 9.12. The summed E-state index contributed by atoms with van der Waals surface area (Å²) in [5, 5.41) is 21.4. The highest BCUT2D eigenvalue weighted by Crippen LogP contribution is 2.28. The van der Waals surface area contributed by atoms with E-state index in [0.717, 1.165) is 25.7 Å². The fraction of sp³-hybridized carbons (Fsp3) is 0.519. The van der Waals surface area contributed by atoms with Crippen LogP contribution in [0.2, 0.25) is 0 Å². The fourth-order valence-electron chi connectivity index (χ4n) is 3.78. The normalized spacial score (nSPS) is 23.7. The lowest BCUT2D eigenvalue weighted by Gasteiger charge is -2.32. The third kappa shape index (κ3) is 8.02. The van der Waals surface area contributed by atoms with Crippen LogP contribution < -0.4 is 0 Å². The maximum absolute atomic E-state index is 13.0. The van der Waals surface area contributed by atoms with Crippen LogP contribution in [-0.2, 0) is 11.2 Å². The maximum Gasteiger partial charge on any atom is 0.338 e. The summed E-state index contributed by atoms with van der Waals surface area (Å²) in [5.74, 6) is -0.295. The van der Waals surface area contributed by atoms with Crippen LogP contribution >= 0.6 is 0 Å². The Hall–Kier alpha value is -2.33. The molecule has 2 N–H and O–H groups in total. The number of aromatic hydroxyl groups is 1. The molecule has 0 aromatic heterocycles. The first kappa shape index (κ1) is 24.9. The second-order valence-electron chi connectivity index (χ2n) is 9.30. The molecule has 0 saturated carbocycles. The van der Waals surface area contributed by atoms with Gasteiger partial charge in [-0.1, -0.05) is 34.9 Å². The van der Waals surface area contributed by atoms with Gasteiger partial charge in [-0.25, -0.2) is 4.79 Å². The number of benzene rings is 1. The topological polar surface area (TPSA) is 66.8 Å². The first-order valence-corrected chi connectivity index (χ1v) is 11.3. The van der Waals surface area contributed by atoms with Crippen LogP contribution in [0.1, 0.15) is 89.1 Å². The van der Waals surface area contributed by atoms with Crippen molar-refractivity contribution in [3.63, 3.8) is 0 Å². The zero-order chi connectivity index (χ0) is 23.0. The average molecular weight is 427 g/mol. The Morgan fingerprint density at radius 1 is 1.19 bits per heavy atom. The molecule has 4 nitrogen and oxygen atoms in total. The molecule has 1 aliphatic heterocycles. The van der Waals surface area contributed by atoms with Gasteiger partial charge in [-0.15, -0.1) is 0 Å². The van der Waals surface area contributed by atoms with E-state index in [4.69, 9.17) is 4.74 Å². The molecule has 2 bridgehead atoms. The summed E-state index contributed by atoms with van der Waals surface area (Å²) >= 11 is 0. The second-order valence-corrected chi connectivity index (χ2v) is 9.30. The van der Waals surface area contributed by atoms with E-state index >= 15 is 0 Å². The Bertz CT molecular complexity index is 854. The summed E-state index contributed by atoms with van der Waals surface area (Å²) in [7, 11) is 0. The molecule has 0 amide bonds. The molecule has 1 aliphatic rings. The molecule has 0 radical (unpaired) electrons. The summed E-state index contributed by atoms with van der Waals surface area (Å²) in [6.07, 6.45) is 10.8. The van der Waals surface area contributed by atoms with Gasteiger partial charge >= 0.3 is 5.97 Å². The van der Waals surface area contributed by atoms with Crippen molar-refractivity contribution in [2.24, 2.45) is 0 Å². The quantitative estimate of drug-likeness (QED) is 0.430. The zero-order valence-electron chi connectivity index (χ0n) is 19.7. The molecule has 2 atom stereocenters. The van der Waals surface area contributed by atoms with Gasteiger partial charge in [0.05, 0.1) is 11.2 Å². The lowest BCUT2D eigenvalue weighted by molar-refractivity contribution is -0.0814. The minimum Gasteiger partial charge on any atom is -0.508 e. The van der Waals surface area contributed by atoms with Crippen molar-refractivity contribution < 1.29 is 19.7 Å². The first-order valence-electron chi connectivity index (χ1n) is 11.3. The van der Waals surface area contributed by atoms with Gasteiger partial charge in [0.1, 0.15) is 11.9 Å². The predicted octanol–water partition coefficient (Wildman–Crippen LogP) is 6.42. The maximum atomic E-state index is 13.0. The molecule has 4 heteroatoms. The number of esters is 1. The highest BCUT2D eigenvalue weighted by Gasteiger charge is 2.34. The van der Waals surface area contributed by atoms with Crippen LogP contribution in [0.3, 0.4) is 0 Å². The summed E-state index contributed by atoms with van der Waals surface area (Å²) in [6, 6.07) is 4.82. The van der Waals surface area contributed by atoms with Gasteiger partial charge < -0.3 is 14.9 Å². The molecule has 1 aromatic rings. The van der Waals surface area contributed by atoms with Gasteiger partial charge in [0.15, 0.2) is 0 Å². The largest absolute Gasteiger partial charge is 0.508 e. The number of rotatable bonds is 4. The predicted molar refractivity (Wildman–Crippen MR) is 126 cm³/mol. The van der Waals surface area contributed by atoms with Crippen molar-refractivity contribution in [3.8, 4) is 5.75 Å². The van der Waals surface area contributed by atoms with Gasteiger partial charge in [-0.05, 0) is 103 Å². The number of fused-ring (bicyclic) bond motifs is 2. The summed E-state index contributed by atoms with van der Waals surface area (Å²) in [5.41, 5.74) is 3.66. The van der Waals surface area contributed by atoms with Gasteiger partial charge in [0.25, 0.3) is 0 Å². The van der Waals surface area contributed by atoms with E-state index in [1.54, 1.807) is 25.1 Å². The fourth-order valence-corrected chi connectivity index (χ4v) is 3.78. The van der Waals surface area contributed by atoms with Crippen LogP contribution in [-0.4, -0.2) is 27.9 Å². The Morgan fingerprint density at radius 2 is 1.90 bits per heavy atom. The van der Waals surface area contributed by atoms with E-state index in [2.05, 4.69) is 32.1 Å². The lowest BCUT2D eigenvalue weighted by Crippen LogP contribution is -2.42. The molecule has 1 aromatic carbocycles. The van der Waals surface area contributed by atoms with E-state index in [1.807, 2.05) is 13.8 Å². The molecule has 0 aliphatic carbocycles. The number of phenolic OH excluding ortho intramolecular Hbond substituents is 1. The van der Waals surface area contributed by atoms with Crippen molar-refractivity contribution in [3.05, 3.63) is 64.3 Å². The third-order valence-electron chi connectivity index (χ3n) is 5.96. The number of phenols is 1. The number of hydrogen-bond acceptors (Lipinski definition) is 4. The van der Waals surface area contributed by atoms with Crippen molar-refractivity contribution in [2.45, 2.75) is 91.3 Å². The molecular formula is C27H38O4. The third-order valence-corrected chi connectivity index (χ3v) is 5.96. The van der Waals surface area contributed by atoms with Crippen molar-refractivity contribution in [1.29, 1.82) is 0 Å². The van der Waals surface area contributed by atoms with E-state index < -0.39 is 17.7 Å². The highest BCUT2D eigenvalue weighted by atomic mass is 16.6. The van der Waals surface area contributed by atoms with Gasteiger partial charge in [-0.2, -0.15) is 0 Å².